The standard InChI is InChI=1S/C22H34ClN5O.HI/c1-18(21(29)27-12-3-4-13-27)26-14-16-28(17-15-26)22(24-2)25-11-5-6-19-7-9-20(23)10-8-19;/h7-10,18H,3-6,11-17H2,1-2H3,(H,24,25);1H. The van der Waals surface area contributed by atoms with E-state index in [0.29, 0.717) is 5.91 Å². The quantitative estimate of drug-likeness (QED) is 0.257. The van der Waals surface area contributed by atoms with Gasteiger partial charge in [0, 0.05) is 57.9 Å². The van der Waals surface area contributed by atoms with Crippen molar-refractivity contribution in [1.82, 2.24) is 20.0 Å². The van der Waals surface area contributed by atoms with Crippen LogP contribution in [0, 0.1) is 0 Å². The Hall–Kier alpha value is -1.06. The van der Waals surface area contributed by atoms with Crippen LogP contribution in [0.5, 0.6) is 0 Å². The number of carbonyl (C=O) groups excluding carboxylic acids is 1. The van der Waals surface area contributed by atoms with Crippen LogP contribution in [-0.2, 0) is 11.2 Å². The minimum atomic E-state index is -0.0235. The van der Waals surface area contributed by atoms with Gasteiger partial charge in [0.15, 0.2) is 5.96 Å². The molecule has 0 radical (unpaired) electrons. The summed E-state index contributed by atoms with van der Waals surface area (Å²) >= 11 is 5.94. The lowest BCUT2D eigenvalue weighted by atomic mass is 10.1. The van der Waals surface area contributed by atoms with Crippen molar-refractivity contribution < 1.29 is 4.79 Å². The zero-order valence-electron chi connectivity index (χ0n) is 18.1. The first-order valence-corrected chi connectivity index (χ1v) is 11.2. The van der Waals surface area contributed by atoms with E-state index in [4.69, 9.17) is 11.6 Å². The van der Waals surface area contributed by atoms with Gasteiger partial charge in [0.2, 0.25) is 5.91 Å². The van der Waals surface area contributed by atoms with Gasteiger partial charge < -0.3 is 15.1 Å². The predicted octanol–water partition coefficient (Wildman–Crippen LogP) is 3.09. The summed E-state index contributed by atoms with van der Waals surface area (Å²) in [5, 5.41) is 4.27. The van der Waals surface area contributed by atoms with E-state index in [-0.39, 0.29) is 30.0 Å². The number of aryl methyl sites for hydroxylation is 1. The first kappa shape index (κ1) is 25.2. The van der Waals surface area contributed by atoms with Gasteiger partial charge in [-0.25, -0.2) is 0 Å². The Bertz CT molecular complexity index is 685. The summed E-state index contributed by atoms with van der Waals surface area (Å²) in [6.45, 7) is 8.38. The number of hydrogen-bond donors (Lipinski definition) is 1. The highest BCUT2D eigenvalue weighted by molar-refractivity contribution is 14.0. The highest BCUT2D eigenvalue weighted by Crippen LogP contribution is 2.14. The molecule has 1 aromatic carbocycles. The van der Waals surface area contributed by atoms with Crippen LogP contribution in [0.1, 0.15) is 31.7 Å². The van der Waals surface area contributed by atoms with Crippen LogP contribution in [0.25, 0.3) is 0 Å². The molecule has 2 saturated heterocycles. The maximum atomic E-state index is 12.7. The Kier molecular flexibility index (Phi) is 10.7. The summed E-state index contributed by atoms with van der Waals surface area (Å²) < 4.78 is 0. The lowest BCUT2D eigenvalue weighted by Gasteiger charge is -2.39. The van der Waals surface area contributed by atoms with E-state index in [1.54, 1.807) is 0 Å². The van der Waals surface area contributed by atoms with E-state index in [0.717, 1.165) is 82.5 Å². The largest absolute Gasteiger partial charge is 0.356 e. The summed E-state index contributed by atoms with van der Waals surface area (Å²) in [5.74, 6) is 1.25. The van der Waals surface area contributed by atoms with Crippen LogP contribution in [0.3, 0.4) is 0 Å². The zero-order valence-corrected chi connectivity index (χ0v) is 21.2. The number of guanidine groups is 1. The summed E-state index contributed by atoms with van der Waals surface area (Å²) in [6.07, 6.45) is 4.35. The summed E-state index contributed by atoms with van der Waals surface area (Å²) in [7, 11) is 1.84. The molecule has 30 heavy (non-hydrogen) atoms. The van der Waals surface area contributed by atoms with Crippen molar-refractivity contribution in [1.29, 1.82) is 0 Å². The molecular weight excluding hydrogens is 513 g/mol. The van der Waals surface area contributed by atoms with Gasteiger partial charge in [-0.15, -0.1) is 24.0 Å². The number of piperazine rings is 1. The van der Waals surface area contributed by atoms with E-state index < -0.39 is 0 Å². The Balaban J connectivity index is 0.00000320. The van der Waals surface area contributed by atoms with E-state index >= 15 is 0 Å². The van der Waals surface area contributed by atoms with Crippen molar-refractivity contribution in [3.63, 3.8) is 0 Å². The van der Waals surface area contributed by atoms with Gasteiger partial charge in [0.25, 0.3) is 0 Å². The van der Waals surface area contributed by atoms with Crippen molar-refractivity contribution in [2.24, 2.45) is 4.99 Å². The average Bonchev–Trinajstić information content (AvgIpc) is 3.29. The van der Waals surface area contributed by atoms with Crippen LogP contribution in [0.4, 0.5) is 0 Å². The van der Waals surface area contributed by atoms with Crippen molar-refractivity contribution in [2.75, 3.05) is 52.9 Å². The molecule has 0 saturated carbocycles. The summed E-state index contributed by atoms with van der Waals surface area (Å²) in [6, 6.07) is 8.03. The molecule has 1 amide bonds. The molecule has 2 aliphatic rings. The molecule has 0 aliphatic carbocycles. The molecule has 0 bridgehead atoms. The fourth-order valence-corrected chi connectivity index (χ4v) is 4.28. The second-order valence-electron chi connectivity index (χ2n) is 7.94. The Morgan fingerprint density at radius 2 is 1.70 bits per heavy atom. The SMILES string of the molecule is CN=C(NCCCc1ccc(Cl)cc1)N1CCN(C(C)C(=O)N2CCCC2)CC1.I. The normalized spacial score (nSPS) is 18.8. The molecule has 2 aliphatic heterocycles. The van der Waals surface area contributed by atoms with E-state index in [2.05, 4.69) is 39.2 Å². The van der Waals surface area contributed by atoms with Gasteiger partial charge in [-0.3, -0.25) is 14.7 Å². The van der Waals surface area contributed by atoms with E-state index in [1.807, 2.05) is 24.1 Å². The smallest absolute Gasteiger partial charge is 0.239 e. The average molecular weight is 548 g/mol. The number of carbonyl (C=O) groups is 1. The van der Waals surface area contributed by atoms with Crippen LogP contribution >= 0.6 is 35.6 Å². The number of likely N-dealkylation sites (tertiary alicyclic amines) is 1. The summed E-state index contributed by atoms with van der Waals surface area (Å²) in [4.78, 5) is 23.7. The lowest BCUT2D eigenvalue weighted by molar-refractivity contribution is -0.135. The number of nitrogens with one attached hydrogen (secondary N) is 1. The van der Waals surface area contributed by atoms with Gasteiger partial charge in [-0.1, -0.05) is 23.7 Å². The first-order chi connectivity index (χ1) is 14.1. The third-order valence-corrected chi connectivity index (χ3v) is 6.24. The summed E-state index contributed by atoms with van der Waals surface area (Å²) in [5.41, 5.74) is 1.30. The predicted molar refractivity (Wildman–Crippen MR) is 135 cm³/mol. The monoisotopic (exact) mass is 547 g/mol. The van der Waals surface area contributed by atoms with E-state index in [1.165, 1.54) is 5.56 Å². The number of nitrogens with zero attached hydrogens (tertiary/aromatic N) is 4. The maximum absolute atomic E-state index is 12.7. The molecule has 6 nitrogen and oxygen atoms in total. The molecule has 1 unspecified atom stereocenters. The Labute approximate surface area is 203 Å². The van der Waals surface area contributed by atoms with Crippen LogP contribution in [-0.4, -0.2) is 85.5 Å². The zero-order chi connectivity index (χ0) is 20.6. The molecule has 1 aromatic rings. The van der Waals surface area contributed by atoms with Crippen LogP contribution in [0.15, 0.2) is 29.3 Å². The number of aliphatic imine (C=N–C) groups is 1. The fraction of sp³-hybridized carbons (Fsp3) is 0.636. The molecular formula is C22H35ClIN5O. The number of hydrogen-bond acceptors (Lipinski definition) is 3. The van der Waals surface area contributed by atoms with Gasteiger partial charge in [0.1, 0.15) is 0 Å². The van der Waals surface area contributed by atoms with Crippen LogP contribution in [0.2, 0.25) is 5.02 Å². The van der Waals surface area contributed by atoms with Gasteiger partial charge in [-0.2, -0.15) is 0 Å². The molecule has 1 atom stereocenters. The highest BCUT2D eigenvalue weighted by Gasteiger charge is 2.30. The number of rotatable bonds is 6. The maximum Gasteiger partial charge on any atom is 0.239 e. The minimum Gasteiger partial charge on any atom is -0.356 e. The third-order valence-electron chi connectivity index (χ3n) is 5.99. The number of amides is 1. The second kappa shape index (κ2) is 12.7. The van der Waals surface area contributed by atoms with Crippen molar-refractivity contribution in [2.45, 2.75) is 38.6 Å². The number of benzene rings is 1. The van der Waals surface area contributed by atoms with Gasteiger partial charge in [0.05, 0.1) is 6.04 Å². The van der Waals surface area contributed by atoms with Gasteiger partial charge >= 0.3 is 0 Å². The minimum absolute atomic E-state index is 0. The fourth-order valence-electron chi connectivity index (χ4n) is 4.16. The van der Waals surface area contributed by atoms with Gasteiger partial charge in [-0.05, 0) is 50.3 Å². The molecule has 3 rings (SSSR count). The molecule has 2 heterocycles. The molecule has 1 N–H and O–H groups in total. The van der Waals surface area contributed by atoms with Crippen molar-refractivity contribution in [3.05, 3.63) is 34.9 Å². The molecule has 0 spiro atoms. The number of halogens is 2. The molecule has 0 aromatic heterocycles. The highest BCUT2D eigenvalue weighted by atomic mass is 127. The van der Waals surface area contributed by atoms with Crippen LogP contribution < -0.4 is 5.32 Å². The lowest BCUT2D eigenvalue weighted by Crippen LogP contribution is -2.57. The van der Waals surface area contributed by atoms with Crippen molar-refractivity contribution in [3.8, 4) is 0 Å². The molecule has 8 heteroatoms. The Morgan fingerprint density at radius 3 is 2.30 bits per heavy atom. The topological polar surface area (TPSA) is 51.2 Å². The van der Waals surface area contributed by atoms with E-state index in [9.17, 15) is 4.79 Å². The third kappa shape index (κ3) is 6.99. The first-order valence-electron chi connectivity index (χ1n) is 10.8. The molecule has 168 valence electrons. The second-order valence-corrected chi connectivity index (χ2v) is 8.37. The molecule has 2 fully saturated rings. The van der Waals surface area contributed by atoms with Crippen molar-refractivity contribution >= 4 is 47.4 Å². The Morgan fingerprint density at radius 1 is 1.07 bits per heavy atom.